The van der Waals surface area contributed by atoms with E-state index in [2.05, 4.69) is 6.07 Å². The highest BCUT2D eigenvalue weighted by Crippen LogP contribution is 2.18. The van der Waals surface area contributed by atoms with Crippen molar-refractivity contribution in [3.05, 3.63) is 34.9 Å². The van der Waals surface area contributed by atoms with Crippen LogP contribution in [0.15, 0.2) is 24.3 Å². The van der Waals surface area contributed by atoms with Gasteiger partial charge in [0.15, 0.2) is 0 Å². The molecule has 16 heavy (non-hydrogen) atoms. The van der Waals surface area contributed by atoms with Gasteiger partial charge in [-0.2, -0.15) is 17.0 Å². The van der Waals surface area contributed by atoms with Crippen LogP contribution in [-0.2, 0) is 5.75 Å². The van der Waals surface area contributed by atoms with Crippen LogP contribution in [0.5, 0.6) is 0 Å². The molecular weight excluding hydrogens is 240 g/mol. The molecule has 1 atom stereocenters. The molecule has 0 aromatic heterocycles. The van der Waals surface area contributed by atoms with Crippen molar-refractivity contribution < 1.29 is 0 Å². The number of nitriles is 1. The van der Waals surface area contributed by atoms with E-state index in [0.717, 1.165) is 16.5 Å². The van der Waals surface area contributed by atoms with Crippen LogP contribution >= 0.6 is 23.4 Å². The lowest BCUT2D eigenvalue weighted by molar-refractivity contribution is 0.583. The third kappa shape index (κ3) is 4.89. The van der Waals surface area contributed by atoms with Crippen LogP contribution in [0, 0.1) is 11.3 Å². The highest BCUT2D eigenvalue weighted by Gasteiger charge is 2.15. The van der Waals surface area contributed by atoms with Gasteiger partial charge < -0.3 is 5.73 Å². The number of nitrogens with zero attached hydrogens (tertiary/aromatic N) is 1. The first kappa shape index (κ1) is 13.4. The minimum absolute atomic E-state index is 0.701. The van der Waals surface area contributed by atoms with Gasteiger partial charge in [0.1, 0.15) is 5.54 Å². The SMILES string of the molecule is CC(N)(C#N)CCSCc1ccc(Cl)cc1. The monoisotopic (exact) mass is 254 g/mol. The Morgan fingerprint density at radius 3 is 2.62 bits per heavy atom. The van der Waals surface area contributed by atoms with Crippen LogP contribution in [0.25, 0.3) is 0 Å². The summed E-state index contributed by atoms with van der Waals surface area (Å²) in [7, 11) is 0. The molecular formula is C12H15ClN2S. The summed E-state index contributed by atoms with van der Waals surface area (Å²) >= 11 is 7.57. The van der Waals surface area contributed by atoms with E-state index in [1.807, 2.05) is 24.3 Å². The molecule has 2 N–H and O–H groups in total. The molecule has 0 amide bonds. The van der Waals surface area contributed by atoms with E-state index in [0.29, 0.717) is 6.42 Å². The molecule has 0 bridgehead atoms. The summed E-state index contributed by atoms with van der Waals surface area (Å²) in [4.78, 5) is 0. The van der Waals surface area contributed by atoms with Crippen molar-refractivity contribution in [3.8, 4) is 6.07 Å². The number of rotatable bonds is 5. The van der Waals surface area contributed by atoms with Crippen molar-refractivity contribution in [2.75, 3.05) is 5.75 Å². The smallest absolute Gasteiger partial charge is 0.102 e. The van der Waals surface area contributed by atoms with Gasteiger partial charge in [-0.1, -0.05) is 23.7 Å². The summed E-state index contributed by atoms with van der Waals surface area (Å²) in [5, 5.41) is 9.50. The summed E-state index contributed by atoms with van der Waals surface area (Å²) < 4.78 is 0. The average Bonchev–Trinajstić information content (AvgIpc) is 2.27. The summed E-state index contributed by atoms with van der Waals surface area (Å²) in [6, 6.07) is 9.90. The van der Waals surface area contributed by atoms with Crippen molar-refractivity contribution in [2.45, 2.75) is 24.6 Å². The first-order valence-electron chi connectivity index (χ1n) is 5.06. The molecule has 86 valence electrons. The van der Waals surface area contributed by atoms with Gasteiger partial charge in [0.05, 0.1) is 6.07 Å². The van der Waals surface area contributed by atoms with E-state index < -0.39 is 5.54 Å². The lowest BCUT2D eigenvalue weighted by Crippen LogP contribution is -2.34. The zero-order valence-electron chi connectivity index (χ0n) is 9.24. The molecule has 0 aliphatic carbocycles. The highest BCUT2D eigenvalue weighted by atomic mass is 35.5. The van der Waals surface area contributed by atoms with E-state index in [4.69, 9.17) is 22.6 Å². The number of hydrogen-bond donors (Lipinski definition) is 1. The van der Waals surface area contributed by atoms with Gasteiger partial charge in [-0.3, -0.25) is 0 Å². The summed E-state index contributed by atoms with van der Waals surface area (Å²) in [5.41, 5.74) is 6.26. The zero-order valence-corrected chi connectivity index (χ0v) is 10.8. The van der Waals surface area contributed by atoms with E-state index in [-0.39, 0.29) is 0 Å². The van der Waals surface area contributed by atoms with Crippen molar-refractivity contribution in [1.29, 1.82) is 5.26 Å². The maximum Gasteiger partial charge on any atom is 0.102 e. The molecule has 0 radical (unpaired) electrons. The Hall–Kier alpha value is -0.690. The second kappa shape index (κ2) is 6.15. The Morgan fingerprint density at radius 1 is 1.44 bits per heavy atom. The molecule has 0 fully saturated rings. The highest BCUT2D eigenvalue weighted by molar-refractivity contribution is 7.98. The van der Waals surface area contributed by atoms with Crippen molar-refractivity contribution in [1.82, 2.24) is 0 Å². The Balaban J connectivity index is 2.27. The number of halogens is 1. The fourth-order valence-electron chi connectivity index (χ4n) is 1.11. The third-order valence-electron chi connectivity index (χ3n) is 2.20. The van der Waals surface area contributed by atoms with Crippen molar-refractivity contribution >= 4 is 23.4 Å². The molecule has 1 unspecified atom stereocenters. The summed E-state index contributed by atoms with van der Waals surface area (Å²) in [6.45, 7) is 1.76. The van der Waals surface area contributed by atoms with E-state index >= 15 is 0 Å². The summed E-state index contributed by atoms with van der Waals surface area (Å²) in [6.07, 6.45) is 0.710. The van der Waals surface area contributed by atoms with Gasteiger partial charge in [-0.05, 0) is 36.8 Å². The number of thioether (sulfide) groups is 1. The van der Waals surface area contributed by atoms with Gasteiger partial charge in [0.25, 0.3) is 0 Å². The Bertz CT molecular complexity index is 368. The van der Waals surface area contributed by atoms with Gasteiger partial charge in [-0.15, -0.1) is 0 Å². The minimum atomic E-state index is -0.701. The molecule has 0 heterocycles. The van der Waals surface area contributed by atoms with Crippen LogP contribution in [0.2, 0.25) is 5.02 Å². The lowest BCUT2D eigenvalue weighted by atomic mass is 10.0. The molecule has 1 rings (SSSR count). The molecule has 0 spiro atoms. The van der Waals surface area contributed by atoms with Crippen LogP contribution in [0.3, 0.4) is 0 Å². The van der Waals surface area contributed by atoms with E-state index in [1.54, 1.807) is 18.7 Å². The average molecular weight is 255 g/mol. The van der Waals surface area contributed by atoms with E-state index in [9.17, 15) is 0 Å². The quantitative estimate of drug-likeness (QED) is 0.821. The topological polar surface area (TPSA) is 49.8 Å². The van der Waals surface area contributed by atoms with E-state index in [1.165, 1.54) is 5.56 Å². The van der Waals surface area contributed by atoms with Gasteiger partial charge in [-0.25, -0.2) is 0 Å². The van der Waals surface area contributed by atoms with Gasteiger partial charge in [0.2, 0.25) is 0 Å². The Morgan fingerprint density at radius 2 is 2.06 bits per heavy atom. The molecule has 1 aromatic rings. The number of benzene rings is 1. The predicted molar refractivity (Wildman–Crippen MR) is 70.4 cm³/mol. The molecule has 0 aliphatic heterocycles. The molecule has 0 saturated heterocycles. The normalized spacial score (nSPS) is 14.1. The first-order chi connectivity index (χ1) is 7.53. The second-order valence-corrected chi connectivity index (χ2v) is 5.50. The molecule has 4 heteroatoms. The number of nitrogens with two attached hydrogens (primary N) is 1. The maximum absolute atomic E-state index is 8.74. The van der Waals surface area contributed by atoms with Crippen LogP contribution in [0.4, 0.5) is 0 Å². The fraction of sp³-hybridized carbons (Fsp3) is 0.417. The van der Waals surface area contributed by atoms with Crippen molar-refractivity contribution in [2.24, 2.45) is 5.73 Å². The first-order valence-corrected chi connectivity index (χ1v) is 6.59. The lowest BCUT2D eigenvalue weighted by Gasteiger charge is -2.14. The molecule has 2 nitrogen and oxygen atoms in total. The largest absolute Gasteiger partial charge is 0.314 e. The van der Waals surface area contributed by atoms with Crippen molar-refractivity contribution in [3.63, 3.8) is 0 Å². The van der Waals surface area contributed by atoms with Crippen LogP contribution in [-0.4, -0.2) is 11.3 Å². The van der Waals surface area contributed by atoms with Crippen LogP contribution in [0.1, 0.15) is 18.9 Å². The number of hydrogen-bond acceptors (Lipinski definition) is 3. The third-order valence-corrected chi connectivity index (χ3v) is 3.49. The Kier molecular flexibility index (Phi) is 5.14. The second-order valence-electron chi connectivity index (χ2n) is 3.96. The fourth-order valence-corrected chi connectivity index (χ4v) is 2.38. The predicted octanol–water partition coefficient (Wildman–Crippen LogP) is 3.20. The van der Waals surface area contributed by atoms with Gasteiger partial charge in [0, 0.05) is 10.8 Å². The Labute approximate surface area is 106 Å². The maximum atomic E-state index is 8.74. The molecule has 0 saturated carbocycles. The van der Waals surface area contributed by atoms with Crippen LogP contribution < -0.4 is 5.73 Å². The minimum Gasteiger partial charge on any atom is -0.314 e. The zero-order chi connectivity index (χ0) is 12.0. The summed E-state index contributed by atoms with van der Waals surface area (Å²) in [5.74, 6) is 1.82. The molecule has 1 aromatic carbocycles. The van der Waals surface area contributed by atoms with Gasteiger partial charge >= 0.3 is 0 Å². The molecule has 0 aliphatic rings. The standard InChI is InChI=1S/C12H15ClN2S/c1-12(15,9-14)6-7-16-8-10-2-4-11(13)5-3-10/h2-5H,6-8,15H2,1H3.